The van der Waals surface area contributed by atoms with Crippen LogP contribution < -0.4 is 0 Å². The number of rotatable bonds is 4. The molecule has 5 nitrogen and oxygen atoms in total. The highest BCUT2D eigenvalue weighted by Crippen LogP contribution is 2.42. The lowest BCUT2D eigenvalue weighted by atomic mass is 9.95. The molecule has 0 saturated heterocycles. The lowest BCUT2D eigenvalue weighted by Gasteiger charge is -2.14. The molecule has 0 unspecified atom stereocenters. The minimum absolute atomic E-state index is 0.582. The van der Waals surface area contributed by atoms with Crippen LogP contribution in [0.5, 0.6) is 0 Å². The van der Waals surface area contributed by atoms with Crippen molar-refractivity contribution in [2.75, 3.05) is 0 Å². The van der Waals surface area contributed by atoms with Crippen molar-refractivity contribution >= 4 is 75.9 Å². The molecule has 12 rings (SSSR count). The van der Waals surface area contributed by atoms with Gasteiger partial charge in [-0.05, 0) is 57.3 Å². The molecule has 9 aromatic carbocycles. The Morgan fingerprint density at radius 2 is 0.857 bits per heavy atom. The van der Waals surface area contributed by atoms with Gasteiger partial charge in [0.25, 0.3) is 0 Å². The lowest BCUT2D eigenvalue weighted by molar-refractivity contribution is 0.953. The van der Waals surface area contributed by atoms with Crippen LogP contribution in [-0.4, -0.2) is 24.1 Å². The first kappa shape index (κ1) is 30.8. The average Bonchev–Trinajstić information content (AvgIpc) is 3.79. The molecule has 0 saturated carbocycles. The molecule has 0 atom stereocenters. The summed E-state index contributed by atoms with van der Waals surface area (Å²) in [4.78, 5) is 15.3. The van der Waals surface area contributed by atoms with E-state index in [-0.39, 0.29) is 0 Å². The van der Waals surface area contributed by atoms with Crippen molar-refractivity contribution in [3.05, 3.63) is 188 Å². The summed E-state index contributed by atoms with van der Waals surface area (Å²) >= 11 is 0. The Morgan fingerprint density at radius 3 is 1.57 bits per heavy atom. The topological polar surface area (TPSA) is 48.5 Å². The Morgan fingerprint density at radius 1 is 0.321 bits per heavy atom. The van der Waals surface area contributed by atoms with Crippen LogP contribution in [0.15, 0.2) is 188 Å². The first-order valence-corrected chi connectivity index (χ1v) is 19.0. The normalized spacial score (nSPS) is 11.9. The van der Waals surface area contributed by atoms with E-state index in [4.69, 9.17) is 15.0 Å². The van der Waals surface area contributed by atoms with Crippen LogP contribution in [0.25, 0.3) is 110 Å². The zero-order valence-electron chi connectivity index (χ0n) is 30.1. The van der Waals surface area contributed by atoms with Crippen LogP contribution in [0.2, 0.25) is 0 Å². The van der Waals surface area contributed by atoms with Crippen molar-refractivity contribution in [3.63, 3.8) is 0 Å². The summed E-state index contributed by atoms with van der Waals surface area (Å²) in [6.45, 7) is 0. The number of hydrogen-bond donors (Lipinski definition) is 0. The Hall–Kier alpha value is -7.63. The van der Waals surface area contributed by atoms with Crippen molar-refractivity contribution in [3.8, 4) is 34.4 Å². The lowest BCUT2D eigenvalue weighted by Crippen LogP contribution is -2.06. The van der Waals surface area contributed by atoms with E-state index in [2.05, 4.69) is 137 Å². The van der Waals surface area contributed by atoms with Gasteiger partial charge in [0.2, 0.25) is 5.95 Å². The second-order valence-electron chi connectivity index (χ2n) is 14.4. The summed E-state index contributed by atoms with van der Waals surface area (Å²) in [5, 5.41) is 12.3. The van der Waals surface area contributed by atoms with Crippen molar-refractivity contribution in [2.45, 2.75) is 0 Å². The van der Waals surface area contributed by atoms with Gasteiger partial charge >= 0.3 is 0 Å². The SMILES string of the molecule is c1ccc(-c2nc(-c3ccccc3)nc(-n3c4ccccc4c4cc(-n5c6ccccc6c6ccc7ccc8c9ccccc9ccc8c7c65)ccc43)n2)cc1. The number of aromatic nitrogens is 5. The number of nitrogens with zero attached hydrogens (tertiary/aromatic N) is 5. The maximum Gasteiger partial charge on any atom is 0.238 e. The van der Waals surface area contributed by atoms with Gasteiger partial charge in [0.1, 0.15) is 0 Å². The first-order valence-electron chi connectivity index (χ1n) is 19.0. The molecule has 3 heterocycles. The highest BCUT2D eigenvalue weighted by atomic mass is 15.2. The predicted molar refractivity (Wildman–Crippen MR) is 232 cm³/mol. The molecule has 0 fully saturated rings. The van der Waals surface area contributed by atoms with Gasteiger partial charge in [0.15, 0.2) is 11.6 Å². The second kappa shape index (κ2) is 11.9. The third-order valence-electron chi connectivity index (χ3n) is 11.3. The van der Waals surface area contributed by atoms with Gasteiger partial charge < -0.3 is 4.57 Å². The van der Waals surface area contributed by atoms with Crippen LogP contribution in [0.3, 0.4) is 0 Å². The minimum atomic E-state index is 0.582. The maximum atomic E-state index is 5.15. The fourth-order valence-electron chi connectivity index (χ4n) is 8.84. The molecule has 5 heteroatoms. The Bertz CT molecular complexity index is 3470. The fraction of sp³-hybridized carbons (Fsp3) is 0. The van der Waals surface area contributed by atoms with Gasteiger partial charge in [0, 0.05) is 43.7 Å². The molecule has 0 aliphatic rings. The molecule has 0 amide bonds. The quantitative estimate of drug-likeness (QED) is 0.171. The molecular weight excluding hydrogens is 683 g/mol. The van der Waals surface area contributed by atoms with E-state index in [1.807, 2.05) is 60.7 Å². The molecule has 0 spiro atoms. The van der Waals surface area contributed by atoms with Gasteiger partial charge in [-0.1, -0.05) is 158 Å². The molecule has 260 valence electrons. The van der Waals surface area contributed by atoms with Crippen LogP contribution >= 0.6 is 0 Å². The predicted octanol–water partition coefficient (Wildman–Crippen LogP) is 12.9. The molecule has 0 N–H and O–H groups in total. The van der Waals surface area contributed by atoms with Crippen molar-refractivity contribution < 1.29 is 0 Å². The molecule has 56 heavy (non-hydrogen) atoms. The Kier molecular flexibility index (Phi) is 6.56. The van der Waals surface area contributed by atoms with E-state index >= 15 is 0 Å². The van der Waals surface area contributed by atoms with Gasteiger partial charge in [-0.2, -0.15) is 9.97 Å². The van der Waals surface area contributed by atoms with Gasteiger partial charge in [-0.3, -0.25) is 4.57 Å². The largest absolute Gasteiger partial charge is 0.309 e. The van der Waals surface area contributed by atoms with E-state index in [9.17, 15) is 0 Å². The zero-order valence-corrected chi connectivity index (χ0v) is 30.1. The standard InChI is InChI=1S/C51H31N5/c1-3-14-34(15-4-1)49-52-50(35-16-5-2-6-17-35)54-51(53-49)56-45-22-12-10-20-40(45)43-31-36(26-30-46(43)56)55-44-21-11-9-19-39(44)42-29-25-33-24-27-38-37-18-8-7-13-32(37)23-28-41(38)47(33)48(42)55/h1-31H. The number of hydrogen-bond acceptors (Lipinski definition) is 3. The highest BCUT2D eigenvalue weighted by Gasteiger charge is 2.21. The van der Waals surface area contributed by atoms with Gasteiger partial charge in [-0.25, -0.2) is 4.98 Å². The summed E-state index contributed by atoms with van der Waals surface area (Å²) in [7, 11) is 0. The highest BCUT2D eigenvalue weighted by molar-refractivity contribution is 6.28. The second-order valence-corrected chi connectivity index (χ2v) is 14.4. The minimum Gasteiger partial charge on any atom is -0.309 e. The summed E-state index contributed by atoms with van der Waals surface area (Å²) in [5.74, 6) is 1.85. The Labute approximate surface area is 321 Å². The summed E-state index contributed by atoms with van der Waals surface area (Å²) < 4.78 is 4.66. The fourth-order valence-corrected chi connectivity index (χ4v) is 8.84. The monoisotopic (exact) mass is 713 g/mol. The van der Waals surface area contributed by atoms with Crippen molar-refractivity contribution in [1.29, 1.82) is 0 Å². The van der Waals surface area contributed by atoms with E-state index in [0.29, 0.717) is 17.6 Å². The molecule has 3 aromatic heterocycles. The van der Waals surface area contributed by atoms with E-state index < -0.39 is 0 Å². The number of benzene rings is 9. The van der Waals surface area contributed by atoms with Crippen LogP contribution in [-0.2, 0) is 0 Å². The average molecular weight is 714 g/mol. The zero-order chi connectivity index (χ0) is 36.7. The molecule has 0 aliphatic heterocycles. The van der Waals surface area contributed by atoms with Crippen LogP contribution in [0.4, 0.5) is 0 Å². The summed E-state index contributed by atoms with van der Waals surface area (Å²) in [6, 6.07) is 66.9. The van der Waals surface area contributed by atoms with Crippen LogP contribution in [0.1, 0.15) is 0 Å². The number of para-hydroxylation sites is 2. The molecular formula is C51H31N5. The van der Waals surface area contributed by atoms with Gasteiger partial charge in [-0.15, -0.1) is 0 Å². The first-order chi connectivity index (χ1) is 27.8. The smallest absolute Gasteiger partial charge is 0.238 e. The number of fused-ring (bicyclic) bond motifs is 12. The van der Waals surface area contributed by atoms with E-state index in [0.717, 1.165) is 38.6 Å². The Balaban J connectivity index is 1.15. The maximum absolute atomic E-state index is 5.15. The summed E-state index contributed by atoms with van der Waals surface area (Å²) in [6.07, 6.45) is 0. The molecule has 0 radical (unpaired) electrons. The third-order valence-corrected chi connectivity index (χ3v) is 11.3. The molecule has 0 bridgehead atoms. The molecule has 0 aliphatic carbocycles. The molecule has 12 aromatic rings. The van der Waals surface area contributed by atoms with Crippen molar-refractivity contribution in [1.82, 2.24) is 24.1 Å². The third kappa shape index (κ3) is 4.52. The van der Waals surface area contributed by atoms with Crippen molar-refractivity contribution in [2.24, 2.45) is 0 Å². The van der Waals surface area contributed by atoms with E-state index in [1.54, 1.807) is 0 Å². The van der Waals surface area contributed by atoms with Crippen LogP contribution in [0, 0.1) is 0 Å². The van der Waals surface area contributed by atoms with E-state index in [1.165, 1.54) is 54.1 Å². The summed E-state index contributed by atoms with van der Waals surface area (Å²) in [5.41, 5.74) is 7.43. The van der Waals surface area contributed by atoms with Gasteiger partial charge in [0.05, 0.1) is 22.1 Å².